The smallest absolute Gasteiger partial charge is 0.271 e. The van der Waals surface area contributed by atoms with E-state index in [1.807, 2.05) is 0 Å². The molecule has 1 heterocycles. The number of hydrogen-bond acceptors (Lipinski definition) is 4. The van der Waals surface area contributed by atoms with Crippen LogP contribution in [0, 0.1) is 21.4 Å². The standard InChI is InChI=1S/C10H4BrN3O3/c11-8-2-6(14(16)17)1-7-9(8)13-4-5(3-12)10(7)15/h1-2,4H,(H,13,15). The zero-order valence-electron chi connectivity index (χ0n) is 8.23. The summed E-state index contributed by atoms with van der Waals surface area (Å²) in [7, 11) is 0. The molecule has 6 nitrogen and oxygen atoms in total. The molecule has 2 rings (SSSR count). The number of fused-ring (bicyclic) bond motifs is 1. The van der Waals surface area contributed by atoms with Crippen LogP contribution in [0.3, 0.4) is 0 Å². The van der Waals surface area contributed by atoms with Crippen molar-refractivity contribution in [3.8, 4) is 6.07 Å². The van der Waals surface area contributed by atoms with Crippen molar-refractivity contribution >= 4 is 32.5 Å². The maximum atomic E-state index is 11.8. The number of nitro benzene ring substituents is 1. The van der Waals surface area contributed by atoms with Crippen LogP contribution in [0.15, 0.2) is 27.6 Å². The summed E-state index contributed by atoms with van der Waals surface area (Å²) in [6.07, 6.45) is 1.28. The highest BCUT2D eigenvalue weighted by molar-refractivity contribution is 9.10. The quantitative estimate of drug-likeness (QED) is 0.642. The molecule has 1 aromatic carbocycles. The molecule has 0 aliphatic heterocycles. The molecule has 0 saturated heterocycles. The second-order valence-corrected chi connectivity index (χ2v) is 4.10. The second-order valence-electron chi connectivity index (χ2n) is 3.25. The lowest BCUT2D eigenvalue weighted by atomic mass is 10.1. The largest absolute Gasteiger partial charge is 0.359 e. The molecule has 0 aliphatic rings. The molecule has 2 aromatic rings. The Morgan fingerprint density at radius 3 is 2.76 bits per heavy atom. The van der Waals surface area contributed by atoms with Gasteiger partial charge in [0.2, 0.25) is 5.43 Å². The summed E-state index contributed by atoms with van der Waals surface area (Å²) < 4.78 is 0.406. The van der Waals surface area contributed by atoms with E-state index in [0.29, 0.717) is 9.99 Å². The van der Waals surface area contributed by atoms with E-state index in [2.05, 4.69) is 20.9 Å². The molecule has 0 radical (unpaired) electrons. The molecule has 17 heavy (non-hydrogen) atoms. The molecule has 0 unspecified atom stereocenters. The maximum absolute atomic E-state index is 11.8. The van der Waals surface area contributed by atoms with E-state index >= 15 is 0 Å². The summed E-state index contributed by atoms with van der Waals surface area (Å²) in [6.45, 7) is 0. The SMILES string of the molecule is N#Cc1c[nH]c2c(Br)cc([N+](=O)[O-])cc2c1=O. The van der Waals surface area contributed by atoms with E-state index in [-0.39, 0.29) is 16.6 Å². The van der Waals surface area contributed by atoms with Gasteiger partial charge in [0.1, 0.15) is 11.6 Å². The summed E-state index contributed by atoms with van der Waals surface area (Å²) in [5.74, 6) is 0. The molecule has 1 N–H and O–H groups in total. The van der Waals surface area contributed by atoms with Gasteiger partial charge < -0.3 is 4.98 Å². The third-order valence-corrected chi connectivity index (χ3v) is 2.88. The van der Waals surface area contributed by atoms with Crippen LogP contribution in [0.25, 0.3) is 10.9 Å². The van der Waals surface area contributed by atoms with Gasteiger partial charge in [0.25, 0.3) is 5.69 Å². The molecule has 1 aromatic heterocycles. The van der Waals surface area contributed by atoms with Gasteiger partial charge in [0, 0.05) is 22.8 Å². The van der Waals surface area contributed by atoms with E-state index < -0.39 is 10.4 Å². The highest BCUT2D eigenvalue weighted by Gasteiger charge is 2.14. The Balaban J connectivity index is 2.95. The topological polar surface area (TPSA) is 99.8 Å². The van der Waals surface area contributed by atoms with Gasteiger partial charge >= 0.3 is 0 Å². The molecule has 0 aliphatic carbocycles. The van der Waals surface area contributed by atoms with Gasteiger partial charge in [-0.3, -0.25) is 14.9 Å². The first kappa shape index (κ1) is 11.3. The van der Waals surface area contributed by atoms with Crippen LogP contribution < -0.4 is 5.43 Å². The molecule has 0 saturated carbocycles. The van der Waals surface area contributed by atoms with Gasteiger partial charge in [0.15, 0.2) is 0 Å². The number of nitrogens with zero attached hydrogens (tertiary/aromatic N) is 2. The molecule has 0 bridgehead atoms. The predicted molar refractivity (Wildman–Crippen MR) is 63.6 cm³/mol. The zero-order valence-corrected chi connectivity index (χ0v) is 9.82. The lowest BCUT2D eigenvalue weighted by Crippen LogP contribution is -2.07. The first-order valence-corrected chi connectivity index (χ1v) is 5.23. The molecular formula is C10H4BrN3O3. The Bertz CT molecular complexity index is 730. The van der Waals surface area contributed by atoms with Crippen molar-refractivity contribution in [2.45, 2.75) is 0 Å². The van der Waals surface area contributed by atoms with Crippen LogP contribution in [0.2, 0.25) is 0 Å². The number of H-pyrrole nitrogens is 1. The Kier molecular flexibility index (Phi) is 2.65. The Morgan fingerprint density at radius 2 is 2.18 bits per heavy atom. The number of halogens is 1. The van der Waals surface area contributed by atoms with Crippen LogP contribution in [-0.2, 0) is 0 Å². The van der Waals surface area contributed by atoms with E-state index in [9.17, 15) is 14.9 Å². The van der Waals surface area contributed by atoms with Crippen molar-refractivity contribution in [3.05, 3.63) is 48.7 Å². The monoisotopic (exact) mass is 293 g/mol. The average molecular weight is 294 g/mol. The summed E-state index contributed by atoms with van der Waals surface area (Å²) in [4.78, 5) is 24.6. The third-order valence-electron chi connectivity index (χ3n) is 2.26. The number of aromatic nitrogens is 1. The minimum Gasteiger partial charge on any atom is -0.359 e. The minimum absolute atomic E-state index is 0.0788. The average Bonchev–Trinajstić information content (AvgIpc) is 2.30. The Morgan fingerprint density at radius 1 is 1.47 bits per heavy atom. The Hall–Kier alpha value is -2.20. The molecule has 0 fully saturated rings. The van der Waals surface area contributed by atoms with E-state index in [1.165, 1.54) is 12.3 Å². The number of nitriles is 1. The second kappa shape index (κ2) is 3.99. The molecule has 84 valence electrons. The maximum Gasteiger partial charge on any atom is 0.271 e. The van der Waals surface area contributed by atoms with Crippen molar-refractivity contribution in [2.75, 3.05) is 0 Å². The van der Waals surface area contributed by atoms with Gasteiger partial charge in [-0.25, -0.2) is 0 Å². The highest BCUT2D eigenvalue weighted by Crippen LogP contribution is 2.26. The van der Waals surface area contributed by atoms with Crippen molar-refractivity contribution in [1.82, 2.24) is 4.98 Å². The fraction of sp³-hybridized carbons (Fsp3) is 0. The van der Waals surface area contributed by atoms with Gasteiger partial charge in [-0.2, -0.15) is 5.26 Å². The van der Waals surface area contributed by atoms with Gasteiger partial charge in [-0.05, 0) is 15.9 Å². The third kappa shape index (κ3) is 1.79. The van der Waals surface area contributed by atoms with E-state index in [1.54, 1.807) is 6.07 Å². The van der Waals surface area contributed by atoms with E-state index in [4.69, 9.17) is 5.26 Å². The van der Waals surface area contributed by atoms with Gasteiger partial charge in [-0.15, -0.1) is 0 Å². The number of benzene rings is 1. The van der Waals surface area contributed by atoms with Crippen LogP contribution >= 0.6 is 15.9 Å². The predicted octanol–water partition coefficient (Wildman–Crippen LogP) is 2.07. The fourth-order valence-corrected chi connectivity index (χ4v) is 2.02. The zero-order chi connectivity index (χ0) is 12.6. The first-order valence-electron chi connectivity index (χ1n) is 4.44. The van der Waals surface area contributed by atoms with E-state index in [0.717, 1.165) is 6.07 Å². The first-order chi connectivity index (χ1) is 8.04. The normalized spacial score (nSPS) is 10.1. The van der Waals surface area contributed by atoms with Crippen LogP contribution in [0.5, 0.6) is 0 Å². The van der Waals surface area contributed by atoms with Crippen LogP contribution in [-0.4, -0.2) is 9.91 Å². The fourth-order valence-electron chi connectivity index (χ4n) is 1.46. The van der Waals surface area contributed by atoms with Crippen molar-refractivity contribution in [3.63, 3.8) is 0 Å². The van der Waals surface area contributed by atoms with Crippen LogP contribution in [0.1, 0.15) is 5.56 Å². The summed E-state index contributed by atoms with van der Waals surface area (Å²) in [5, 5.41) is 19.5. The number of nitrogens with one attached hydrogen (secondary N) is 1. The Labute approximate surface area is 103 Å². The summed E-state index contributed by atoms with van der Waals surface area (Å²) in [6, 6.07) is 4.18. The van der Waals surface area contributed by atoms with Crippen molar-refractivity contribution in [1.29, 1.82) is 5.26 Å². The molecular weight excluding hydrogens is 290 g/mol. The number of rotatable bonds is 1. The number of non-ortho nitro benzene ring substituents is 1. The number of pyridine rings is 1. The van der Waals surface area contributed by atoms with Gasteiger partial charge in [0.05, 0.1) is 15.8 Å². The minimum atomic E-state index is -0.595. The van der Waals surface area contributed by atoms with Crippen molar-refractivity contribution < 1.29 is 4.92 Å². The van der Waals surface area contributed by atoms with Crippen molar-refractivity contribution in [2.24, 2.45) is 0 Å². The lowest BCUT2D eigenvalue weighted by Gasteiger charge is -2.01. The van der Waals surface area contributed by atoms with Gasteiger partial charge in [-0.1, -0.05) is 0 Å². The number of nitro groups is 1. The highest BCUT2D eigenvalue weighted by atomic mass is 79.9. The number of aromatic amines is 1. The van der Waals surface area contributed by atoms with Crippen LogP contribution in [0.4, 0.5) is 5.69 Å². The molecule has 0 amide bonds. The lowest BCUT2D eigenvalue weighted by molar-refractivity contribution is -0.384. The molecule has 0 atom stereocenters. The number of hydrogen-bond donors (Lipinski definition) is 1. The molecule has 0 spiro atoms. The summed E-state index contributed by atoms with van der Waals surface area (Å²) in [5.41, 5.74) is -0.375. The summed E-state index contributed by atoms with van der Waals surface area (Å²) >= 11 is 3.14. The molecule has 7 heteroatoms.